The zero-order valence-corrected chi connectivity index (χ0v) is 25.6. The van der Waals surface area contributed by atoms with E-state index in [1.54, 1.807) is 25.4 Å². The SMILES string of the molecule is CCN(CC)S(=O)(=O)c1ccc(C(=O)NCc2nnc(SCC(=O)Nc3nccs3)n2-c2cccc(C)c2C)cc1. The normalized spacial score (nSPS) is 11.5. The Labute approximate surface area is 247 Å². The van der Waals surface area contributed by atoms with Gasteiger partial charge in [0.1, 0.15) is 0 Å². The van der Waals surface area contributed by atoms with E-state index in [0.29, 0.717) is 34.8 Å². The summed E-state index contributed by atoms with van der Waals surface area (Å²) in [6, 6.07) is 11.7. The van der Waals surface area contributed by atoms with Crippen molar-refractivity contribution in [1.82, 2.24) is 29.4 Å². The molecule has 2 N–H and O–H groups in total. The molecule has 2 aromatic heterocycles. The Bertz CT molecular complexity index is 1620. The van der Waals surface area contributed by atoms with Gasteiger partial charge in [-0.1, -0.05) is 37.7 Å². The lowest BCUT2D eigenvalue weighted by molar-refractivity contribution is -0.113. The van der Waals surface area contributed by atoms with Gasteiger partial charge >= 0.3 is 0 Å². The molecule has 4 rings (SSSR count). The second-order valence-corrected chi connectivity index (χ2v) is 12.7. The Balaban J connectivity index is 1.52. The molecule has 2 aromatic carbocycles. The van der Waals surface area contributed by atoms with E-state index in [0.717, 1.165) is 16.8 Å². The lowest BCUT2D eigenvalue weighted by Crippen LogP contribution is -2.30. The van der Waals surface area contributed by atoms with E-state index >= 15 is 0 Å². The van der Waals surface area contributed by atoms with Crippen molar-refractivity contribution in [3.05, 3.63) is 76.6 Å². The van der Waals surface area contributed by atoms with Crippen LogP contribution in [0.15, 0.2) is 64.1 Å². The minimum atomic E-state index is -3.62. The lowest BCUT2D eigenvalue weighted by Gasteiger charge is -2.18. The van der Waals surface area contributed by atoms with Crippen molar-refractivity contribution in [2.24, 2.45) is 0 Å². The smallest absolute Gasteiger partial charge is 0.251 e. The number of hydrogen-bond donors (Lipinski definition) is 2. The zero-order valence-electron chi connectivity index (χ0n) is 23.1. The standard InChI is InChI=1S/C27H31N7O4S3/c1-5-33(6-2)41(37,38)21-12-10-20(11-13-21)25(36)29-16-23-31-32-27(34(23)22-9-7-8-18(3)19(22)4)40-17-24(35)30-26-28-14-15-39-26/h7-15H,5-6,16-17H2,1-4H3,(H,29,36)(H,28,30,35). The third-order valence-electron chi connectivity index (χ3n) is 6.40. The number of thioether (sulfide) groups is 1. The van der Waals surface area contributed by atoms with Gasteiger partial charge in [-0.25, -0.2) is 13.4 Å². The van der Waals surface area contributed by atoms with Crippen LogP contribution in [0.2, 0.25) is 0 Å². The van der Waals surface area contributed by atoms with Gasteiger partial charge in [0, 0.05) is 30.2 Å². The van der Waals surface area contributed by atoms with Gasteiger partial charge < -0.3 is 10.6 Å². The minimum Gasteiger partial charge on any atom is -0.345 e. The summed E-state index contributed by atoms with van der Waals surface area (Å²) in [5.41, 5.74) is 3.24. The highest BCUT2D eigenvalue weighted by Gasteiger charge is 2.22. The molecule has 216 valence electrons. The molecule has 4 aromatic rings. The molecule has 14 heteroatoms. The number of nitrogens with one attached hydrogen (secondary N) is 2. The van der Waals surface area contributed by atoms with E-state index in [-0.39, 0.29) is 29.0 Å². The molecule has 0 saturated carbocycles. The van der Waals surface area contributed by atoms with Crippen molar-refractivity contribution in [2.45, 2.75) is 44.3 Å². The maximum absolute atomic E-state index is 13.0. The first-order chi connectivity index (χ1) is 19.6. The van der Waals surface area contributed by atoms with Gasteiger partial charge in [-0.05, 0) is 55.3 Å². The molecular formula is C27H31N7O4S3. The second-order valence-electron chi connectivity index (χ2n) is 8.92. The van der Waals surface area contributed by atoms with Gasteiger partial charge in [0.2, 0.25) is 15.9 Å². The summed E-state index contributed by atoms with van der Waals surface area (Å²) in [4.78, 5) is 29.6. The van der Waals surface area contributed by atoms with Crippen LogP contribution in [0, 0.1) is 13.8 Å². The molecule has 0 bridgehead atoms. The first-order valence-corrected chi connectivity index (χ1v) is 16.2. The third-order valence-corrected chi connectivity index (χ3v) is 10.1. The second kappa shape index (κ2) is 13.4. The molecule has 0 fully saturated rings. The molecule has 0 aliphatic heterocycles. The highest BCUT2D eigenvalue weighted by Crippen LogP contribution is 2.26. The summed E-state index contributed by atoms with van der Waals surface area (Å²) < 4.78 is 28.7. The number of aryl methyl sites for hydroxylation is 1. The summed E-state index contributed by atoms with van der Waals surface area (Å²) in [7, 11) is -3.62. The van der Waals surface area contributed by atoms with Gasteiger partial charge in [-0.15, -0.1) is 21.5 Å². The van der Waals surface area contributed by atoms with Crippen LogP contribution in [0.3, 0.4) is 0 Å². The number of carbonyl (C=O) groups is 2. The molecule has 41 heavy (non-hydrogen) atoms. The van der Waals surface area contributed by atoms with Crippen LogP contribution < -0.4 is 10.6 Å². The van der Waals surface area contributed by atoms with Gasteiger partial charge in [0.05, 0.1) is 22.9 Å². The topological polar surface area (TPSA) is 139 Å². The van der Waals surface area contributed by atoms with E-state index < -0.39 is 10.0 Å². The number of nitrogens with zero attached hydrogens (tertiary/aromatic N) is 5. The van der Waals surface area contributed by atoms with E-state index in [4.69, 9.17) is 0 Å². The summed E-state index contributed by atoms with van der Waals surface area (Å²) in [5.74, 6) is -0.0285. The van der Waals surface area contributed by atoms with Crippen molar-refractivity contribution >= 4 is 50.1 Å². The van der Waals surface area contributed by atoms with E-state index in [9.17, 15) is 18.0 Å². The fourth-order valence-electron chi connectivity index (χ4n) is 4.05. The maximum Gasteiger partial charge on any atom is 0.251 e. The van der Waals surface area contributed by atoms with E-state index in [1.165, 1.54) is 51.7 Å². The van der Waals surface area contributed by atoms with Crippen LogP contribution in [-0.2, 0) is 21.4 Å². The number of anilines is 1. The molecule has 2 heterocycles. The predicted octanol–water partition coefficient (Wildman–Crippen LogP) is 4.03. The minimum absolute atomic E-state index is 0.0601. The molecule has 2 amide bonds. The van der Waals surface area contributed by atoms with Crippen LogP contribution in [-0.4, -0.2) is 63.1 Å². The molecule has 0 radical (unpaired) electrons. The molecule has 0 unspecified atom stereocenters. The predicted molar refractivity (Wildman–Crippen MR) is 160 cm³/mol. The largest absolute Gasteiger partial charge is 0.345 e. The Kier molecular flexibility index (Phi) is 9.91. The molecule has 0 aliphatic carbocycles. The molecule has 0 atom stereocenters. The molecule has 0 spiro atoms. The number of hydrogen-bond acceptors (Lipinski definition) is 9. The van der Waals surface area contributed by atoms with Crippen LogP contribution in [0.5, 0.6) is 0 Å². The number of carbonyl (C=O) groups excluding carboxylic acids is 2. The third kappa shape index (κ3) is 7.01. The lowest BCUT2D eigenvalue weighted by atomic mass is 10.1. The first-order valence-electron chi connectivity index (χ1n) is 12.9. The van der Waals surface area contributed by atoms with Gasteiger partial charge in [0.25, 0.3) is 5.91 Å². The van der Waals surface area contributed by atoms with E-state index in [2.05, 4.69) is 25.8 Å². The number of aromatic nitrogens is 4. The van der Waals surface area contributed by atoms with Crippen molar-refractivity contribution in [2.75, 3.05) is 24.2 Å². The summed E-state index contributed by atoms with van der Waals surface area (Å²) in [6.07, 6.45) is 1.62. The van der Waals surface area contributed by atoms with Crippen LogP contribution in [0.1, 0.15) is 41.2 Å². The Hall–Kier alpha value is -3.59. The Morgan fingerprint density at radius 2 is 1.78 bits per heavy atom. The fraction of sp³-hybridized carbons (Fsp3) is 0.296. The number of thiazole rings is 1. The summed E-state index contributed by atoms with van der Waals surface area (Å²) in [6.45, 7) is 8.33. The highest BCUT2D eigenvalue weighted by molar-refractivity contribution is 7.99. The number of benzene rings is 2. The van der Waals surface area contributed by atoms with Crippen molar-refractivity contribution in [3.63, 3.8) is 0 Å². The fourth-order valence-corrected chi connectivity index (χ4v) is 6.82. The molecule has 0 saturated heterocycles. The number of sulfonamides is 1. The zero-order chi connectivity index (χ0) is 29.6. The molecular weight excluding hydrogens is 583 g/mol. The Morgan fingerprint density at radius 3 is 2.44 bits per heavy atom. The van der Waals surface area contributed by atoms with Crippen molar-refractivity contribution in [1.29, 1.82) is 0 Å². The van der Waals surface area contributed by atoms with Crippen LogP contribution >= 0.6 is 23.1 Å². The number of amides is 2. The maximum atomic E-state index is 13.0. The van der Waals surface area contributed by atoms with E-state index in [1.807, 2.05) is 36.6 Å². The number of rotatable bonds is 12. The van der Waals surface area contributed by atoms with Gasteiger partial charge in [-0.2, -0.15) is 4.31 Å². The van der Waals surface area contributed by atoms with Crippen LogP contribution in [0.4, 0.5) is 5.13 Å². The molecule has 0 aliphatic rings. The summed E-state index contributed by atoms with van der Waals surface area (Å²) >= 11 is 2.56. The molecule has 11 nitrogen and oxygen atoms in total. The average Bonchev–Trinajstić information content (AvgIpc) is 3.62. The highest BCUT2D eigenvalue weighted by atomic mass is 32.2. The van der Waals surface area contributed by atoms with Crippen molar-refractivity contribution < 1.29 is 18.0 Å². The van der Waals surface area contributed by atoms with Crippen LogP contribution in [0.25, 0.3) is 5.69 Å². The van der Waals surface area contributed by atoms with Crippen molar-refractivity contribution in [3.8, 4) is 5.69 Å². The van der Waals surface area contributed by atoms with Gasteiger partial charge in [0.15, 0.2) is 16.1 Å². The van der Waals surface area contributed by atoms with Gasteiger partial charge in [-0.3, -0.25) is 14.2 Å². The Morgan fingerprint density at radius 1 is 1.05 bits per heavy atom. The quantitative estimate of drug-likeness (QED) is 0.228. The average molecular weight is 614 g/mol. The summed E-state index contributed by atoms with van der Waals surface area (Å²) in [5, 5.41) is 17.0. The first kappa shape index (κ1) is 30.4. The monoisotopic (exact) mass is 613 g/mol.